The maximum Gasteiger partial charge on any atom is 0.119 e. The van der Waals surface area contributed by atoms with Gasteiger partial charge in [-0.3, -0.25) is 0 Å². The third-order valence-electron chi connectivity index (χ3n) is 0.712. The summed E-state index contributed by atoms with van der Waals surface area (Å²) in [4.78, 5) is 0. The molecule has 0 N–H and O–H groups in total. The lowest BCUT2D eigenvalue weighted by Crippen LogP contribution is -2.02. The van der Waals surface area contributed by atoms with E-state index >= 15 is 0 Å². The molecule has 0 aliphatic carbocycles. The molecule has 0 aromatic heterocycles. The monoisotopic (exact) mass is 152 g/mol. The maximum absolute atomic E-state index is 5.63. The number of hydrogen-bond donors (Lipinski definition) is 0. The summed E-state index contributed by atoms with van der Waals surface area (Å²) in [7, 11) is 0. The summed E-state index contributed by atoms with van der Waals surface area (Å²) in [6.45, 7) is 3.72. The van der Waals surface area contributed by atoms with Crippen molar-refractivity contribution >= 4 is 23.2 Å². The van der Waals surface area contributed by atoms with Gasteiger partial charge in [0.2, 0.25) is 0 Å². The van der Waals surface area contributed by atoms with Crippen LogP contribution in [-0.4, -0.2) is 4.33 Å². The highest BCUT2D eigenvalue weighted by Crippen LogP contribution is 2.23. The van der Waals surface area contributed by atoms with Crippen molar-refractivity contribution in [3.8, 4) is 0 Å². The number of alkyl halides is 2. The van der Waals surface area contributed by atoms with Crippen molar-refractivity contribution in [2.24, 2.45) is 0 Å². The fourth-order valence-corrected chi connectivity index (χ4v) is 0.503. The van der Waals surface area contributed by atoms with E-state index < -0.39 is 4.33 Å². The zero-order chi connectivity index (χ0) is 6.62. The van der Waals surface area contributed by atoms with Crippen LogP contribution >= 0.6 is 23.2 Å². The quantitative estimate of drug-likeness (QED) is 0.422. The van der Waals surface area contributed by atoms with Gasteiger partial charge in [0.1, 0.15) is 4.33 Å². The van der Waals surface area contributed by atoms with E-state index in [-0.39, 0.29) is 0 Å². The van der Waals surface area contributed by atoms with Crippen molar-refractivity contribution in [1.82, 2.24) is 0 Å². The summed E-state index contributed by atoms with van der Waals surface area (Å²) in [5, 5.41) is 0. The predicted octanol–water partition coefficient (Wildman–Crippen LogP) is 3.15. The van der Waals surface area contributed by atoms with Crippen LogP contribution in [0.15, 0.2) is 12.2 Å². The van der Waals surface area contributed by atoms with E-state index in [1.165, 1.54) is 0 Å². The van der Waals surface area contributed by atoms with Crippen LogP contribution in [0.4, 0.5) is 0 Å². The van der Waals surface area contributed by atoms with E-state index in [1.807, 2.05) is 19.1 Å². The van der Waals surface area contributed by atoms with Crippen LogP contribution in [0.1, 0.15) is 20.3 Å². The Morgan fingerprint density at radius 2 is 2.00 bits per heavy atom. The Balaban J connectivity index is 3.39. The van der Waals surface area contributed by atoms with Gasteiger partial charge in [-0.05, 0) is 20.3 Å². The van der Waals surface area contributed by atoms with Gasteiger partial charge in [-0.2, -0.15) is 0 Å². The molecule has 0 nitrogen and oxygen atoms in total. The third-order valence-corrected chi connectivity index (χ3v) is 1.02. The second-order valence-electron chi connectivity index (χ2n) is 1.84. The standard InChI is InChI=1S/C6H10Cl2/c1-3-4-5-6(2,7)8/h3-4H,5H2,1-2H3/b4-3+. The summed E-state index contributed by atoms with van der Waals surface area (Å²) in [5.41, 5.74) is 0. The summed E-state index contributed by atoms with van der Waals surface area (Å²) >= 11 is 11.3. The van der Waals surface area contributed by atoms with E-state index in [1.54, 1.807) is 6.92 Å². The van der Waals surface area contributed by atoms with Crippen molar-refractivity contribution in [3.63, 3.8) is 0 Å². The van der Waals surface area contributed by atoms with E-state index in [0.717, 1.165) is 0 Å². The molecule has 0 atom stereocenters. The van der Waals surface area contributed by atoms with Crippen molar-refractivity contribution < 1.29 is 0 Å². The molecule has 0 heterocycles. The zero-order valence-corrected chi connectivity index (χ0v) is 6.63. The van der Waals surface area contributed by atoms with E-state index in [0.29, 0.717) is 6.42 Å². The van der Waals surface area contributed by atoms with Gasteiger partial charge >= 0.3 is 0 Å². The molecule has 48 valence electrons. The van der Waals surface area contributed by atoms with Gasteiger partial charge in [0.05, 0.1) is 0 Å². The lowest BCUT2D eigenvalue weighted by molar-refractivity contribution is 0.882. The van der Waals surface area contributed by atoms with E-state index in [4.69, 9.17) is 23.2 Å². The minimum absolute atomic E-state index is 0.591. The molecule has 0 aromatic carbocycles. The summed E-state index contributed by atoms with van der Waals surface area (Å²) in [6, 6.07) is 0. The van der Waals surface area contributed by atoms with Crippen molar-refractivity contribution in [3.05, 3.63) is 12.2 Å². The number of halogens is 2. The van der Waals surface area contributed by atoms with Gasteiger partial charge < -0.3 is 0 Å². The fraction of sp³-hybridized carbons (Fsp3) is 0.667. The largest absolute Gasteiger partial charge is 0.119 e. The zero-order valence-electron chi connectivity index (χ0n) is 5.12. The Morgan fingerprint density at radius 3 is 2.12 bits per heavy atom. The average Bonchev–Trinajstić information content (AvgIpc) is 1.59. The van der Waals surface area contributed by atoms with Crippen LogP contribution in [0.3, 0.4) is 0 Å². The minimum Gasteiger partial charge on any atom is -0.102 e. The van der Waals surface area contributed by atoms with E-state index in [2.05, 4.69) is 0 Å². The first-order valence-corrected chi connectivity index (χ1v) is 3.31. The van der Waals surface area contributed by atoms with Crippen LogP contribution in [0.2, 0.25) is 0 Å². The first-order valence-electron chi connectivity index (χ1n) is 2.55. The summed E-state index contributed by atoms with van der Waals surface area (Å²) in [5.74, 6) is 0. The van der Waals surface area contributed by atoms with Gasteiger partial charge in [-0.25, -0.2) is 0 Å². The number of allylic oxidation sites excluding steroid dienone is 2. The highest BCUT2D eigenvalue weighted by Gasteiger charge is 2.12. The van der Waals surface area contributed by atoms with Crippen LogP contribution in [0.25, 0.3) is 0 Å². The molecule has 0 spiro atoms. The van der Waals surface area contributed by atoms with E-state index in [9.17, 15) is 0 Å². The molecular weight excluding hydrogens is 143 g/mol. The van der Waals surface area contributed by atoms with Gasteiger partial charge in [0.15, 0.2) is 0 Å². The lowest BCUT2D eigenvalue weighted by Gasteiger charge is -2.07. The topological polar surface area (TPSA) is 0 Å². The second-order valence-corrected chi connectivity index (χ2v) is 3.71. The number of rotatable bonds is 2. The summed E-state index contributed by atoms with van der Waals surface area (Å²) < 4.78 is -0.591. The van der Waals surface area contributed by atoms with Gasteiger partial charge in [0.25, 0.3) is 0 Å². The SMILES string of the molecule is C/C=C/CC(C)(Cl)Cl. The predicted molar refractivity (Wildman–Crippen MR) is 39.5 cm³/mol. The molecular formula is C6H10Cl2. The molecule has 2 heteroatoms. The highest BCUT2D eigenvalue weighted by molar-refractivity contribution is 6.48. The van der Waals surface area contributed by atoms with Gasteiger partial charge in [-0.1, -0.05) is 12.2 Å². The second kappa shape index (κ2) is 3.37. The van der Waals surface area contributed by atoms with Crippen LogP contribution in [0.5, 0.6) is 0 Å². The molecule has 0 aromatic rings. The molecule has 0 saturated carbocycles. The third kappa shape index (κ3) is 6.32. The maximum atomic E-state index is 5.63. The Bertz CT molecular complexity index is 79.0. The van der Waals surface area contributed by atoms with Crippen molar-refractivity contribution in [2.45, 2.75) is 24.6 Å². The molecule has 0 radical (unpaired) electrons. The smallest absolute Gasteiger partial charge is 0.102 e. The molecule has 0 fully saturated rings. The molecule has 0 aliphatic heterocycles. The molecule has 0 rings (SSSR count). The van der Waals surface area contributed by atoms with Crippen molar-refractivity contribution in [1.29, 1.82) is 0 Å². The van der Waals surface area contributed by atoms with Crippen LogP contribution < -0.4 is 0 Å². The molecule has 0 saturated heterocycles. The molecule has 0 unspecified atom stereocenters. The average molecular weight is 153 g/mol. The first-order chi connectivity index (χ1) is 3.56. The molecule has 8 heavy (non-hydrogen) atoms. The summed E-state index contributed by atoms with van der Waals surface area (Å²) in [6.07, 6.45) is 4.59. The lowest BCUT2D eigenvalue weighted by atomic mass is 10.3. The highest BCUT2D eigenvalue weighted by atomic mass is 35.5. The minimum atomic E-state index is -0.591. The Kier molecular flexibility index (Phi) is 3.50. The molecule has 0 bridgehead atoms. The Labute approximate surface area is 60.5 Å². The molecule has 0 amide bonds. The fourth-order valence-electron chi connectivity index (χ4n) is 0.325. The van der Waals surface area contributed by atoms with Gasteiger partial charge in [0, 0.05) is 0 Å². The number of hydrogen-bond acceptors (Lipinski definition) is 0. The molecule has 0 aliphatic rings. The van der Waals surface area contributed by atoms with Gasteiger partial charge in [-0.15, -0.1) is 23.2 Å². The Morgan fingerprint density at radius 1 is 1.50 bits per heavy atom. The first kappa shape index (κ1) is 8.32. The Hall–Kier alpha value is 0.320. The van der Waals surface area contributed by atoms with Crippen LogP contribution in [0, 0.1) is 0 Å². The van der Waals surface area contributed by atoms with Crippen molar-refractivity contribution in [2.75, 3.05) is 0 Å². The normalized spacial score (nSPS) is 13.0. The van der Waals surface area contributed by atoms with Crippen LogP contribution in [-0.2, 0) is 0 Å².